The van der Waals surface area contributed by atoms with Gasteiger partial charge in [0.05, 0.1) is 0 Å². The predicted molar refractivity (Wildman–Crippen MR) is 42.8 cm³/mol. The summed E-state index contributed by atoms with van der Waals surface area (Å²) in [6, 6.07) is -0.341. The van der Waals surface area contributed by atoms with E-state index in [-0.39, 0.29) is 6.04 Å². The van der Waals surface area contributed by atoms with Crippen LogP contribution < -0.4 is 5.73 Å². The van der Waals surface area contributed by atoms with E-state index in [1.807, 2.05) is 0 Å². The molecule has 0 aliphatic heterocycles. The number of rotatable bonds is 2. The number of nitrogens with zero attached hydrogens (tertiary/aromatic N) is 1. The van der Waals surface area contributed by atoms with Gasteiger partial charge >= 0.3 is 0 Å². The topological polar surface area (TPSA) is 72.3 Å². The largest absolute Gasteiger partial charge is 0.439 e. The average molecular weight is 221 g/mol. The van der Waals surface area contributed by atoms with Crippen LogP contribution in [0.15, 0.2) is 15.5 Å². The molecule has 0 bridgehead atoms. The average Bonchev–Trinajstić information content (AvgIpc) is 2.34. The van der Waals surface area contributed by atoms with Crippen LogP contribution in [0.2, 0.25) is 0 Å². The van der Waals surface area contributed by atoms with Crippen molar-refractivity contribution >= 4 is 15.9 Å². The second-order valence-electron chi connectivity index (χ2n) is 2.33. The molecule has 1 aromatic heterocycles. The highest BCUT2D eigenvalue weighted by Gasteiger charge is 2.15. The van der Waals surface area contributed by atoms with Gasteiger partial charge in [0.15, 0.2) is 0 Å². The second kappa shape index (κ2) is 3.34. The van der Waals surface area contributed by atoms with Crippen LogP contribution in [-0.4, -0.2) is 16.1 Å². The van der Waals surface area contributed by atoms with E-state index in [1.54, 1.807) is 6.92 Å². The minimum Gasteiger partial charge on any atom is -0.439 e. The molecular weight excluding hydrogens is 212 g/mol. The maximum atomic E-state index is 9.34. The van der Waals surface area contributed by atoms with Crippen molar-refractivity contribution in [2.24, 2.45) is 5.73 Å². The van der Waals surface area contributed by atoms with Crippen molar-refractivity contribution in [1.82, 2.24) is 4.98 Å². The lowest BCUT2D eigenvalue weighted by Crippen LogP contribution is -2.24. The molecular formula is C6H9BrN2O2. The molecule has 0 saturated carbocycles. The number of aromatic nitrogens is 1. The molecule has 0 radical (unpaired) electrons. The van der Waals surface area contributed by atoms with E-state index < -0.39 is 6.10 Å². The van der Waals surface area contributed by atoms with E-state index in [4.69, 9.17) is 10.2 Å². The minimum atomic E-state index is -0.759. The quantitative estimate of drug-likeness (QED) is 0.775. The smallest absolute Gasteiger partial charge is 0.264 e. The highest BCUT2D eigenvalue weighted by atomic mass is 79.9. The zero-order valence-electron chi connectivity index (χ0n) is 5.99. The molecule has 3 N–H and O–H groups in total. The van der Waals surface area contributed by atoms with E-state index >= 15 is 0 Å². The lowest BCUT2D eigenvalue weighted by Gasteiger charge is -2.09. The number of oxazole rings is 1. The van der Waals surface area contributed by atoms with E-state index in [9.17, 15) is 5.11 Å². The summed E-state index contributed by atoms with van der Waals surface area (Å²) in [4.78, 5) is 4.21. The van der Waals surface area contributed by atoms with Crippen LogP contribution in [0.3, 0.4) is 0 Å². The monoisotopic (exact) mass is 220 g/mol. The lowest BCUT2D eigenvalue weighted by molar-refractivity contribution is 0.148. The molecule has 11 heavy (non-hydrogen) atoms. The van der Waals surface area contributed by atoms with E-state index in [2.05, 4.69) is 20.9 Å². The van der Waals surface area contributed by atoms with Crippen LogP contribution in [0.1, 0.15) is 18.7 Å². The van der Waals surface area contributed by atoms with Crippen molar-refractivity contribution in [2.45, 2.75) is 19.1 Å². The zero-order chi connectivity index (χ0) is 8.43. The van der Waals surface area contributed by atoms with Crippen molar-refractivity contribution < 1.29 is 9.52 Å². The third kappa shape index (κ3) is 2.02. The van der Waals surface area contributed by atoms with E-state index in [1.165, 1.54) is 6.26 Å². The normalized spacial score (nSPS) is 16.4. The van der Waals surface area contributed by atoms with Crippen LogP contribution in [0, 0.1) is 0 Å². The van der Waals surface area contributed by atoms with Crippen molar-refractivity contribution in [3.63, 3.8) is 0 Å². The fraction of sp³-hybridized carbons (Fsp3) is 0.500. The highest BCUT2D eigenvalue weighted by molar-refractivity contribution is 9.10. The molecule has 0 saturated heterocycles. The first-order chi connectivity index (χ1) is 5.11. The van der Waals surface area contributed by atoms with Crippen LogP contribution in [0.25, 0.3) is 0 Å². The number of aliphatic hydroxyl groups excluding tert-OH is 1. The maximum Gasteiger partial charge on any atom is 0.264 e. The van der Waals surface area contributed by atoms with Crippen molar-refractivity contribution in [2.75, 3.05) is 0 Å². The van der Waals surface area contributed by atoms with Crippen LogP contribution in [-0.2, 0) is 0 Å². The standard InChI is InChI=1S/C6H9BrN2O2/c1-3(8)5(10)4-2-11-6(7)9-4/h2-3,5,10H,8H2,1H3. The summed E-state index contributed by atoms with van der Waals surface area (Å²) in [6.07, 6.45) is 0.614. The first-order valence-corrected chi connectivity index (χ1v) is 3.95. The van der Waals surface area contributed by atoms with Gasteiger partial charge in [0.2, 0.25) is 0 Å². The Morgan fingerprint density at radius 2 is 2.45 bits per heavy atom. The van der Waals surface area contributed by atoms with Crippen LogP contribution in [0.5, 0.6) is 0 Å². The zero-order valence-corrected chi connectivity index (χ0v) is 7.58. The highest BCUT2D eigenvalue weighted by Crippen LogP contribution is 2.17. The summed E-state index contributed by atoms with van der Waals surface area (Å²) in [5, 5.41) is 9.34. The Balaban J connectivity index is 2.76. The molecule has 2 unspecified atom stereocenters. The first-order valence-electron chi connectivity index (χ1n) is 3.16. The van der Waals surface area contributed by atoms with Gasteiger partial charge in [-0.3, -0.25) is 0 Å². The van der Waals surface area contributed by atoms with Crippen molar-refractivity contribution in [1.29, 1.82) is 0 Å². The van der Waals surface area contributed by atoms with E-state index in [0.717, 1.165) is 0 Å². The van der Waals surface area contributed by atoms with Gasteiger partial charge in [-0.15, -0.1) is 0 Å². The molecule has 0 aromatic carbocycles. The third-order valence-electron chi connectivity index (χ3n) is 1.29. The summed E-state index contributed by atoms with van der Waals surface area (Å²) in [6.45, 7) is 1.70. The second-order valence-corrected chi connectivity index (χ2v) is 3.01. The van der Waals surface area contributed by atoms with Crippen molar-refractivity contribution in [3.8, 4) is 0 Å². The molecule has 4 nitrogen and oxygen atoms in total. The molecule has 0 fully saturated rings. The van der Waals surface area contributed by atoms with Gasteiger partial charge in [-0.05, 0) is 6.92 Å². The Morgan fingerprint density at radius 1 is 1.82 bits per heavy atom. The molecule has 1 heterocycles. The minimum absolute atomic E-state index is 0.341. The number of aliphatic hydroxyl groups is 1. The summed E-state index contributed by atoms with van der Waals surface area (Å²) in [7, 11) is 0. The summed E-state index contributed by atoms with van der Waals surface area (Å²) in [5.41, 5.74) is 5.88. The molecule has 0 aliphatic rings. The van der Waals surface area contributed by atoms with Crippen LogP contribution in [0.4, 0.5) is 0 Å². The number of hydrogen-bond donors (Lipinski definition) is 2. The predicted octanol–water partition coefficient (Wildman–Crippen LogP) is 0.818. The first kappa shape index (κ1) is 8.70. The van der Waals surface area contributed by atoms with Crippen LogP contribution >= 0.6 is 15.9 Å². The number of halogens is 1. The van der Waals surface area contributed by atoms with Gasteiger partial charge in [-0.25, -0.2) is 4.98 Å². The third-order valence-corrected chi connectivity index (χ3v) is 1.66. The lowest BCUT2D eigenvalue weighted by atomic mass is 10.1. The molecule has 62 valence electrons. The fourth-order valence-corrected chi connectivity index (χ4v) is 0.967. The summed E-state index contributed by atoms with van der Waals surface area (Å²) < 4.78 is 4.83. The molecule has 0 aliphatic carbocycles. The Morgan fingerprint density at radius 3 is 2.82 bits per heavy atom. The maximum absolute atomic E-state index is 9.34. The Kier molecular flexibility index (Phi) is 2.64. The molecule has 0 spiro atoms. The summed E-state index contributed by atoms with van der Waals surface area (Å²) >= 11 is 3.02. The Hall–Kier alpha value is -0.390. The van der Waals surface area contributed by atoms with Gasteiger partial charge in [0.1, 0.15) is 18.1 Å². The molecule has 0 amide bonds. The number of hydrogen-bond acceptors (Lipinski definition) is 4. The molecule has 5 heteroatoms. The van der Waals surface area contributed by atoms with Gasteiger partial charge in [-0.1, -0.05) is 0 Å². The van der Waals surface area contributed by atoms with E-state index in [0.29, 0.717) is 10.5 Å². The van der Waals surface area contributed by atoms with Gasteiger partial charge in [0.25, 0.3) is 4.80 Å². The molecule has 1 aromatic rings. The Labute approximate surface area is 72.5 Å². The van der Waals surface area contributed by atoms with Gasteiger partial charge in [0, 0.05) is 22.0 Å². The van der Waals surface area contributed by atoms with Gasteiger partial charge < -0.3 is 15.3 Å². The SMILES string of the molecule is CC(N)C(O)c1coc(Br)n1. The van der Waals surface area contributed by atoms with Crippen molar-refractivity contribution in [3.05, 3.63) is 16.8 Å². The number of nitrogens with two attached hydrogens (primary N) is 1. The summed E-state index contributed by atoms with van der Waals surface area (Å²) in [5.74, 6) is 0. The van der Waals surface area contributed by atoms with Gasteiger partial charge in [-0.2, -0.15) is 0 Å². The Bertz CT molecular complexity index is 236. The fourth-order valence-electron chi connectivity index (χ4n) is 0.668. The molecule has 2 atom stereocenters. The molecule has 1 rings (SSSR count).